The maximum Gasteiger partial charge on any atom is 0.203 e. The third-order valence-corrected chi connectivity index (χ3v) is 3.32. The van der Waals surface area contributed by atoms with Crippen molar-refractivity contribution in [1.82, 2.24) is 4.98 Å². The molecule has 108 valence electrons. The van der Waals surface area contributed by atoms with Crippen molar-refractivity contribution >= 4 is 16.5 Å². The van der Waals surface area contributed by atoms with Gasteiger partial charge in [-0.1, -0.05) is 0 Å². The molecule has 0 atom stereocenters. The number of methoxy groups -OCH3 is 3. The molecule has 0 aliphatic rings. The first kappa shape index (κ1) is 14.3. The van der Waals surface area contributed by atoms with E-state index in [0.29, 0.717) is 34.7 Å². The number of rotatable bonds is 6. The first-order valence-corrected chi connectivity index (χ1v) is 6.68. The van der Waals surface area contributed by atoms with Gasteiger partial charge in [0.15, 0.2) is 16.6 Å². The van der Waals surface area contributed by atoms with Crippen molar-refractivity contribution in [2.45, 2.75) is 6.61 Å². The number of aromatic nitrogens is 1. The Morgan fingerprint density at radius 1 is 1.10 bits per heavy atom. The number of benzene rings is 1. The summed E-state index contributed by atoms with van der Waals surface area (Å²) in [5, 5.41) is 2.38. The Balaban J connectivity index is 2.19. The summed E-state index contributed by atoms with van der Waals surface area (Å²) in [5.74, 6) is 2.21. The lowest BCUT2D eigenvalue weighted by atomic mass is 10.2. The van der Waals surface area contributed by atoms with Gasteiger partial charge in [0.1, 0.15) is 12.4 Å². The van der Waals surface area contributed by atoms with Gasteiger partial charge in [-0.3, -0.25) is 0 Å². The summed E-state index contributed by atoms with van der Waals surface area (Å²) >= 11 is 1.38. The zero-order valence-electron chi connectivity index (χ0n) is 11.5. The fourth-order valence-corrected chi connectivity index (χ4v) is 2.23. The van der Waals surface area contributed by atoms with E-state index < -0.39 is 0 Å². The van der Waals surface area contributed by atoms with Crippen molar-refractivity contribution < 1.29 is 18.9 Å². The van der Waals surface area contributed by atoms with Crippen LogP contribution in [0.15, 0.2) is 17.5 Å². The van der Waals surface area contributed by atoms with Gasteiger partial charge in [-0.15, -0.1) is 11.3 Å². The van der Waals surface area contributed by atoms with Crippen LogP contribution < -0.4 is 24.7 Å². The minimum Gasteiger partial charge on any atom is -0.493 e. The van der Waals surface area contributed by atoms with E-state index in [1.54, 1.807) is 33.5 Å². The number of anilines is 1. The van der Waals surface area contributed by atoms with Gasteiger partial charge in [0.25, 0.3) is 0 Å². The smallest absolute Gasteiger partial charge is 0.203 e. The molecule has 1 aromatic heterocycles. The Morgan fingerprint density at radius 2 is 1.75 bits per heavy atom. The van der Waals surface area contributed by atoms with Gasteiger partial charge >= 0.3 is 0 Å². The molecule has 1 aromatic carbocycles. The topological polar surface area (TPSA) is 75.8 Å². The van der Waals surface area contributed by atoms with E-state index in [1.165, 1.54) is 11.3 Å². The van der Waals surface area contributed by atoms with E-state index in [4.69, 9.17) is 24.7 Å². The van der Waals surface area contributed by atoms with Crippen molar-refractivity contribution in [3.63, 3.8) is 0 Å². The zero-order chi connectivity index (χ0) is 14.5. The largest absolute Gasteiger partial charge is 0.493 e. The van der Waals surface area contributed by atoms with Gasteiger partial charge in [-0.05, 0) is 0 Å². The Labute approximate surface area is 121 Å². The molecule has 2 N–H and O–H groups in total. The van der Waals surface area contributed by atoms with Crippen molar-refractivity contribution in [1.29, 1.82) is 0 Å². The molecule has 0 spiro atoms. The number of ether oxygens (including phenoxy) is 4. The summed E-state index contributed by atoms with van der Waals surface area (Å²) in [7, 11) is 4.67. The maximum absolute atomic E-state index is 5.66. The van der Waals surface area contributed by atoms with Crippen LogP contribution in [0.3, 0.4) is 0 Å². The Hall–Kier alpha value is -2.15. The van der Waals surface area contributed by atoms with Crippen molar-refractivity contribution in [2.75, 3.05) is 27.1 Å². The normalized spacial score (nSPS) is 10.2. The number of nitrogen functional groups attached to an aromatic ring is 1. The van der Waals surface area contributed by atoms with E-state index in [9.17, 15) is 0 Å². The molecule has 20 heavy (non-hydrogen) atoms. The van der Waals surface area contributed by atoms with Crippen LogP contribution in [0.2, 0.25) is 0 Å². The quantitative estimate of drug-likeness (QED) is 0.881. The van der Waals surface area contributed by atoms with Gasteiger partial charge in [0.2, 0.25) is 5.75 Å². The minimum atomic E-state index is 0.326. The number of nitrogens with two attached hydrogens (primary N) is 1. The average molecular weight is 296 g/mol. The van der Waals surface area contributed by atoms with Crippen LogP contribution in [0.1, 0.15) is 5.69 Å². The predicted molar refractivity (Wildman–Crippen MR) is 77.0 cm³/mol. The van der Waals surface area contributed by atoms with E-state index in [-0.39, 0.29) is 0 Å². The SMILES string of the molecule is COc1cc(OCc2csc(N)n2)cc(OC)c1OC. The average Bonchev–Trinajstić information content (AvgIpc) is 2.89. The highest BCUT2D eigenvalue weighted by Crippen LogP contribution is 2.40. The highest BCUT2D eigenvalue weighted by Gasteiger charge is 2.14. The van der Waals surface area contributed by atoms with Crippen LogP contribution in [0.25, 0.3) is 0 Å². The summed E-state index contributed by atoms with van der Waals surface area (Å²) in [6.45, 7) is 0.326. The van der Waals surface area contributed by atoms with Crippen LogP contribution in [0.4, 0.5) is 5.13 Å². The second-order valence-corrected chi connectivity index (χ2v) is 4.72. The summed E-state index contributed by atoms with van der Waals surface area (Å²) in [4.78, 5) is 4.13. The molecule has 7 heteroatoms. The zero-order valence-corrected chi connectivity index (χ0v) is 12.3. The molecule has 0 bridgehead atoms. The molecule has 0 unspecified atom stereocenters. The summed E-state index contributed by atoms with van der Waals surface area (Å²) in [6, 6.07) is 3.47. The highest BCUT2D eigenvalue weighted by molar-refractivity contribution is 7.13. The van der Waals surface area contributed by atoms with E-state index >= 15 is 0 Å². The molecule has 6 nitrogen and oxygen atoms in total. The van der Waals surface area contributed by atoms with Crippen LogP contribution in [0, 0.1) is 0 Å². The lowest BCUT2D eigenvalue weighted by Gasteiger charge is -2.14. The van der Waals surface area contributed by atoms with E-state index in [2.05, 4.69) is 4.98 Å². The maximum atomic E-state index is 5.66. The molecule has 0 aliphatic heterocycles. The van der Waals surface area contributed by atoms with Gasteiger partial charge in [-0.2, -0.15) is 0 Å². The molecule has 0 amide bonds. The second-order valence-electron chi connectivity index (χ2n) is 3.83. The molecule has 0 radical (unpaired) electrons. The van der Waals surface area contributed by atoms with Gasteiger partial charge in [-0.25, -0.2) is 4.98 Å². The predicted octanol–water partition coefficient (Wildman–Crippen LogP) is 2.33. The number of hydrogen-bond acceptors (Lipinski definition) is 7. The molecule has 2 rings (SSSR count). The fourth-order valence-electron chi connectivity index (χ4n) is 1.69. The highest BCUT2D eigenvalue weighted by atomic mass is 32.1. The summed E-state index contributed by atoms with van der Waals surface area (Å²) in [6.07, 6.45) is 0. The Morgan fingerprint density at radius 3 is 2.20 bits per heavy atom. The number of thiazole rings is 1. The molecule has 0 saturated carbocycles. The summed E-state index contributed by atoms with van der Waals surface area (Å²) < 4.78 is 21.4. The molecule has 0 fully saturated rings. The molecule has 1 heterocycles. The van der Waals surface area contributed by atoms with Gasteiger partial charge in [0.05, 0.1) is 27.0 Å². The van der Waals surface area contributed by atoms with Crippen molar-refractivity contribution in [3.05, 3.63) is 23.2 Å². The third-order valence-electron chi connectivity index (χ3n) is 2.59. The number of hydrogen-bond donors (Lipinski definition) is 1. The van der Waals surface area contributed by atoms with Crippen LogP contribution in [0.5, 0.6) is 23.0 Å². The monoisotopic (exact) mass is 296 g/mol. The fraction of sp³-hybridized carbons (Fsp3) is 0.308. The van der Waals surface area contributed by atoms with Crippen LogP contribution >= 0.6 is 11.3 Å². The number of nitrogens with zero attached hydrogens (tertiary/aromatic N) is 1. The van der Waals surface area contributed by atoms with Crippen molar-refractivity contribution in [2.24, 2.45) is 0 Å². The Bertz CT molecular complexity index is 560. The van der Waals surface area contributed by atoms with Gasteiger partial charge < -0.3 is 24.7 Å². The standard InChI is InChI=1S/C13H16N2O4S/c1-16-10-4-9(5-11(17-2)12(10)18-3)19-6-8-7-20-13(14)15-8/h4-5,7H,6H2,1-3H3,(H2,14,15). The molecular weight excluding hydrogens is 280 g/mol. The minimum absolute atomic E-state index is 0.326. The van der Waals surface area contributed by atoms with E-state index in [1.807, 2.05) is 5.38 Å². The lowest BCUT2D eigenvalue weighted by molar-refractivity contribution is 0.288. The molecule has 0 aliphatic carbocycles. The van der Waals surface area contributed by atoms with Crippen LogP contribution in [-0.4, -0.2) is 26.3 Å². The first-order chi connectivity index (χ1) is 9.67. The van der Waals surface area contributed by atoms with Crippen LogP contribution in [-0.2, 0) is 6.61 Å². The van der Waals surface area contributed by atoms with Gasteiger partial charge in [0, 0.05) is 17.5 Å². The molecule has 2 aromatic rings. The molecular formula is C13H16N2O4S. The first-order valence-electron chi connectivity index (χ1n) is 5.80. The third kappa shape index (κ3) is 3.05. The molecule has 0 saturated heterocycles. The Kier molecular flexibility index (Phi) is 4.52. The second kappa shape index (κ2) is 6.33. The lowest BCUT2D eigenvalue weighted by Crippen LogP contribution is -1.99. The van der Waals surface area contributed by atoms with Crippen molar-refractivity contribution in [3.8, 4) is 23.0 Å². The summed E-state index contributed by atoms with van der Waals surface area (Å²) in [5.41, 5.74) is 6.35. The van der Waals surface area contributed by atoms with E-state index in [0.717, 1.165) is 5.69 Å².